The molecule has 15 heavy (non-hydrogen) atoms. The highest BCUT2D eigenvalue weighted by Gasteiger charge is 2.21. The SMILES string of the molecule is Cn1cnc(CCN=C(N)NC2CC2)n1. The number of nitrogens with one attached hydrogen (secondary N) is 1. The van der Waals surface area contributed by atoms with Gasteiger partial charge in [0.2, 0.25) is 0 Å². The molecule has 2 rings (SSSR count). The maximum atomic E-state index is 5.68. The van der Waals surface area contributed by atoms with Crippen molar-refractivity contribution >= 4 is 5.96 Å². The molecule has 1 aliphatic carbocycles. The Balaban J connectivity index is 1.72. The van der Waals surface area contributed by atoms with E-state index in [-0.39, 0.29) is 0 Å². The molecule has 0 spiro atoms. The van der Waals surface area contributed by atoms with Crippen LogP contribution in [0.2, 0.25) is 0 Å². The maximum absolute atomic E-state index is 5.68. The minimum Gasteiger partial charge on any atom is -0.370 e. The largest absolute Gasteiger partial charge is 0.370 e. The number of hydrogen-bond donors (Lipinski definition) is 2. The molecule has 6 heteroatoms. The van der Waals surface area contributed by atoms with Crippen molar-refractivity contribution in [2.75, 3.05) is 6.54 Å². The van der Waals surface area contributed by atoms with Crippen LogP contribution in [-0.2, 0) is 13.5 Å². The summed E-state index contributed by atoms with van der Waals surface area (Å²) in [6, 6.07) is 0.557. The van der Waals surface area contributed by atoms with Crippen molar-refractivity contribution in [3.8, 4) is 0 Å². The van der Waals surface area contributed by atoms with E-state index in [9.17, 15) is 0 Å². The van der Waals surface area contributed by atoms with Gasteiger partial charge in [-0.3, -0.25) is 9.67 Å². The smallest absolute Gasteiger partial charge is 0.188 e. The van der Waals surface area contributed by atoms with Crippen molar-refractivity contribution in [2.24, 2.45) is 17.8 Å². The van der Waals surface area contributed by atoms with Crippen LogP contribution in [-0.4, -0.2) is 33.3 Å². The number of rotatable bonds is 4. The summed E-state index contributed by atoms with van der Waals surface area (Å²) < 4.78 is 1.69. The highest BCUT2D eigenvalue weighted by molar-refractivity contribution is 5.78. The maximum Gasteiger partial charge on any atom is 0.188 e. The fourth-order valence-electron chi connectivity index (χ4n) is 1.26. The zero-order chi connectivity index (χ0) is 10.7. The van der Waals surface area contributed by atoms with Crippen molar-refractivity contribution in [3.05, 3.63) is 12.2 Å². The predicted molar refractivity (Wildman–Crippen MR) is 57.4 cm³/mol. The molecule has 82 valence electrons. The Bertz CT molecular complexity index is 351. The van der Waals surface area contributed by atoms with Gasteiger partial charge in [-0.05, 0) is 12.8 Å². The van der Waals surface area contributed by atoms with Crippen LogP contribution < -0.4 is 11.1 Å². The third kappa shape index (κ3) is 3.23. The highest BCUT2D eigenvalue weighted by atomic mass is 15.3. The monoisotopic (exact) mass is 208 g/mol. The molecule has 0 saturated heterocycles. The topological polar surface area (TPSA) is 81.1 Å². The minimum atomic E-state index is 0.536. The Kier molecular flexibility index (Phi) is 2.84. The van der Waals surface area contributed by atoms with Crippen LogP contribution in [0.1, 0.15) is 18.7 Å². The Morgan fingerprint density at radius 2 is 2.53 bits per heavy atom. The number of nitrogens with two attached hydrogens (primary N) is 1. The van der Waals surface area contributed by atoms with Crippen LogP contribution in [0.5, 0.6) is 0 Å². The fraction of sp³-hybridized carbons (Fsp3) is 0.667. The Morgan fingerprint density at radius 3 is 3.13 bits per heavy atom. The second-order valence-electron chi connectivity index (χ2n) is 3.77. The molecule has 1 aliphatic rings. The average molecular weight is 208 g/mol. The number of aliphatic imine (C=N–C) groups is 1. The van der Waals surface area contributed by atoms with Crippen LogP contribution in [0.15, 0.2) is 11.3 Å². The molecule has 0 amide bonds. The average Bonchev–Trinajstić information content (AvgIpc) is 2.89. The van der Waals surface area contributed by atoms with Crippen molar-refractivity contribution in [2.45, 2.75) is 25.3 Å². The molecule has 6 nitrogen and oxygen atoms in total. The van der Waals surface area contributed by atoms with Gasteiger partial charge >= 0.3 is 0 Å². The lowest BCUT2D eigenvalue weighted by atomic mass is 10.4. The van der Waals surface area contributed by atoms with E-state index in [4.69, 9.17) is 5.73 Å². The van der Waals surface area contributed by atoms with E-state index < -0.39 is 0 Å². The van der Waals surface area contributed by atoms with Crippen LogP contribution in [0.3, 0.4) is 0 Å². The molecule has 1 heterocycles. The summed E-state index contributed by atoms with van der Waals surface area (Å²) in [4.78, 5) is 8.31. The van der Waals surface area contributed by atoms with E-state index in [1.165, 1.54) is 12.8 Å². The van der Waals surface area contributed by atoms with Gasteiger partial charge in [0.1, 0.15) is 6.33 Å². The predicted octanol–water partition coefficient (Wildman–Crippen LogP) is -0.576. The first-order valence-electron chi connectivity index (χ1n) is 5.15. The van der Waals surface area contributed by atoms with Gasteiger partial charge in [-0.25, -0.2) is 4.98 Å². The summed E-state index contributed by atoms with van der Waals surface area (Å²) in [7, 11) is 1.85. The normalized spacial score (nSPS) is 16.7. The summed E-state index contributed by atoms with van der Waals surface area (Å²) >= 11 is 0. The Hall–Kier alpha value is -1.59. The molecule has 0 unspecified atom stereocenters. The van der Waals surface area contributed by atoms with Gasteiger partial charge < -0.3 is 11.1 Å². The molecular weight excluding hydrogens is 192 g/mol. The van der Waals surface area contributed by atoms with Gasteiger partial charge in [0, 0.05) is 26.1 Å². The summed E-state index contributed by atoms with van der Waals surface area (Å²) in [5, 5.41) is 7.28. The summed E-state index contributed by atoms with van der Waals surface area (Å²) in [6.45, 7) is 0.634. The van der Waals surface area contributed by atoms with Gasteiger partial charge in [-0.15, -0.1) is 0 Å². The molecule has 1 saturated carbocycles. The van der Waals surface area contributed by atoms with Crippen molar-refractivity contribution in [1.82, 2.24) is 20.1 Å². The van der Waals surface area contributed by atoms with Gasteiger partial charge in [0.05, 0.1) is 0 Å². The summed E-state index contributed by atoms with van der Waals surface area (Å²) in [5.74, 6) is 1.34. The van der Waals surface area contributed by atoms with Gasteiger partial charge in [-0.2, -0.15) is 5.10 Å². The molecule has 1 aromatic heterocycles. The molecule has 0 aromatic carbocycles. The lowest BCUT2D eigenvalue weighted by Gasteiger charge is -2.01. The van der Waals surface area contributed by atoms with Crippen LogP contribution in [0.25, 0.3) is 0 Å². The molecular formula is C9H16N6. The molecule has 0 radical (unpaired) electrons. The van der Waals surface area contributed by atoms with Crippen LogP contribution in [0.4, 0.5) is 0 Å². The molecule has 1 aromatic rings. The summed E-state index contributed by atoms with van der Waals surface area (Å²) in [5.41, 5.74) is 5.68. The first-order chi connectivity index (χ1) is 7.24. The highest BCUT2D eigenvalue weighted by Crippen LogP contribution is 2.17. The van der Waals surface area contributed by atoms with E-state index in [2.05, 4.69) is 20.4 Å². The zero-order valence-electron chi connectivity index (χ0n) is 8.85. The lowest BCUT2D eigenvalue weighted by Crippen LogP contribution is -2.33. The van der Waals surface area contributed by atoms with E-state index in [1.807, 2.05) is 7.05 Å². The second kappa shape index (κ2) is 4.29. The van der Waals surface area contributed by atoms with Crippen molar-refractivity contribution in [3.63, 3.8) is 0 Å². The Labute approximate surface area is 88.6 Å². The van der Waals surface area contributed by atoms with Crippen molar-refractivity contribution < 1.29 is 0 Å². The lowest BCUT2D eigenvalue weighted by molar-refractivity contribution is 0.738. The Morgan fingerprint density at radius 1 is 1.73 bits per heavy atom. The standard InChI is InChI=1S/C9H16N6/c1-15-6-12-8(14-15)4-5-11-9(10)13-7-2-3-7/h6-7H,2-5H2,1H3,(H3,10,11,13). The number of aryl methyl sites for hydroxylation is 1. The van der Waals surface area contributed by atoms with Crippen LogP contribution in [0, 0.1) is 0 Å². The fourth-order valence-corrected chi connectivity index (χ4v) is 1.26. The van der Waals surface area contributed by atoms with E-state index in [0.717, 1.165) is 12.2 Å². The molecule has 1 fully saturated rings. The number of nitrogens with zero attached hydrogens (tertiary/aromatic N) is 4. The summed E-state index contributed by atoms with van der Waals surface area (Å²) in [6.07, 6.45) is 4.83. The quantitative estimate of drug-likeness (QED) is 0.512. The number of hydrogen-bond acceptors (Lipinski definition) is 3. The molecule has 0 bridgehead atoms. The third-order valence-corrected chi connectivity index (χ3v) is 2.19. The first-order valence-corrected chi connectivity index (χ1v) is 5.15. The van der Waals surface area contributed by atoms with Gasteiger partial charge in [-0.1, -0.05) is 0 Å². The molecule has 3 N–H and O–H groups in total. The van der Waals surface area contributed by atoms with E-state index in [1.54, 1.807) is 11.0 Å². The second-order valence-corrected chi connectivity index (χ2v) is 3.77. The zero-order valence-corrected chi connectivity index (χ0v) is 8.85. The van der Waals surface area contributed by atoms with Crippen LogP contribution >= 0.6 is 0 Å². The number of guanidine groups is 1. The molecule has 0 atom stereocenters. The third-order valence-electron chi connectivity index (χ3n) is 2.19. The van der Waals surface area contributed by atoms with Gasteiger partial charge in [0.15, 0.2) is 11.8 Å². The number of aromatic nitrogens is 3. The minimum absolute atomic E-state index is 0.536. The van der Waals surface area contributed by atoms with Crippen molar-refractivity contribution in [1.29, 1.82) is 0 Å². The molecule has 0 aliphatic heterocycles. The first kappa shape index (κ1) is 9.95. The van der Waals surface area contributed by atoms with Gasteiger partial charge in [0.25, 0.3) is 0 Å². The van der Waals surface area contributed by atoms with E-state index >= 15 is 0 Å². The van der Waals surface area contributed by atoms with E-state index in [0.29, 0.717) is 18.5 Å².